The van der Waals surface area contributed by atoms with Gasteiger partial charge in [-0.1, -0.05) is 13.8 Å². The maximum Gasteiger partial charge on any atom is 0.409 e. The summed E-state index contributed by atoms with van der Waals surface area (Å²) < 4.78 is 30.6. The molecule has 284 valence electrons. The fourth-order valence-electron chi connectivity index (χ4n) is 8.68. The van der Waals surface area contributed by atoms with Crippen LogP contribution in [-0.4, -0.2) is 171 Å². The number of carbonyl (C=O) groups is 2. The molecule has 0 aromatic carbocycles. The molecule has 0 bridgehead atoms. The third-order valence-corrected chi connectivity index (χ3v) is 12.0. The number of aliphatic hydroxyl groups excluding tert-OH is 2. The average Bonchev–Trinajstić information content (AvgIpc) is 3.36. The normalized spacial score (nSPS) is 41.3. The van der Waals surface area contributed by atoms with Gasteiger partial charge in [0.05, 0.1) is 35.9 Å². The molecular weight excluding hydrogens is 632 g/mol. The quantitative estimate of drug-likeness (QED) is 0.404. The number of Topliss-reactive ketones (excluding diaryl/α,β-unsaturated/α-hetero) is 1. The SMILES string of the molecule is CO[C@]1(C)C[C@@H](C)CN(C)C(C2CCN(C[C@@H]3COC(=O)N3C)CC2)CO[C@@H](O)C(C)(C)C(=O)[C@H](C)[C@H]1O[C@@H]1O[C@H](C)C[C@H](N(C)C)[C@H]1O. The van der Waals surface area contributed by atoms with E-state index >= 15 is 0 Å². The number of aliphatic hydroxyl groups is 2. The lowest BCUT2D eigenvalue weighted by Crippen LogP contribution is -2.59. The third kappa shape index (κ3) is 9.15. The van der Waals surface area contributed by atoms with Gasteiger partial charge in [0.15, 0.2) is 12.6 Å². The summed E-state index contributed by atoms with van der Waals surface area (Å²) in [4.78, 5) is 34.6. The van der Waals surface area contributed by atoms with Gasteiger partial charge >= 0.3 is 6.09 Å². The Morgan fingerprint density at radius 1 is 1.02 bits per heavy atom. The molecule has 4 rings (SSSR count). The van der Waals surface area contributed by atoms with Gasteiger partial charge in [-0.05, 0) is 99.4 Å². The second kappa shape index (κ2) is 16.5. The molecule has 4 aliphatic heterocycles. The number of hydrogen-bond acceptors (Lipinski definition) is 12. The van der Waals surface area contributed by atoms with Gasteiger partial charge in [-0.2, -0.15) is 0 Å². The van der Waals surface area contributed by atoms with E-state index in [-0.39, 0.29) is 42.0 Å². The van der Waals surface area contributed by atoms with E-state index in [0.29, 0.717) is 32.0 Å². The molecule has 2 N–H and O–H groups in total. The van der Waals surface area contributed by atoms with Crippen molar-refractivity contribution < 1.29 is 43.5 Å². The van der Waals surface area contributed by atoms with E-state index in [2.05, 4.69) is 23.8 Å². The van der Waals surface area contributed by atoms with Gasteiger partial charge in [-0.25, -0.2) is 4.79 Å². The van der Waals surface area contributed by atoms with Crippen LogP contribution in [0.2, 0.25) is 0 Å². The van der Waals surface area contributed by atoms with Crippen LogP contribution < -0.4 is 0 Å². The Labute approximate surface area is 294 Å². The second-order valence-electron chi connectivity index (χ2n) is 16.5. The largest absolute Gasteiger partial charge is 0.447 e. The maximum absolute atomic E-state index is 14.4. The van der Waals surface area contributed by atoms with Crippen LogP contribution in [0.5, 0.6) is 0 Å². The first-order valence-electron chi connectivity index (χ1n) is 18.3. The third-order valence-electron chi connectivity index (χ3n) is 12.0. The highest BCUT2D eigenvalue weighted by molar-refractivity contribution is 5.87. The minimum Gasteiger partial charge on any atom is -0.447 e. The predicted molar refractivity (Wildman–Crippen MR) is 185 cm³/mol. The van der Waals surface area contributed by atoms with Gasteiger partial charge in [0.2, 0.25) is 0 Å². The number of likely N-dealkylation sites (N-methyl/N-ethyl adjacent to an activating group) is 3. The van der Waals surface area contributed by atoms with Crippen molar-refractivity contribution in [3.63, 3.8) is 0 Å². The fourth-order valence-corrected chi connectivity index (χ4v) is 8.68. The maximum atomic E-state index is 14.4. The number of methoxy groups -OCH3 is 1. The summed E-state index contributed by atoms with van der Waals surface area (Å²) in [5, 5.41) is 22.9. The molecule has 0 aromatic heterocycles. The summed E-state index contributed by atoms with van der Waals surface area (Å²) in [6.07, 6.45) is -1.26. The summed E-state index contributed by atoms with van der Waals surface area (Å²) in [5.41, 5.74) is -2.16. The van der Waals surface area contributed by atoms with Crippen LogP contribution in [0.4, 0.5) is 4.79 Å². The second-order valence-corrected chi connectivity index (χ2v) is 16.5. The number of amides is 1. The van der Waals surface area contributed by atoms with E-state index in [0.717, 1.165) is 39.0 Å². The molecule has 4 heterocycles. The average molecular weight is 699 g/mol. The molecule has 0 aliphatic carbocycles. The number of likely N-dealkylation sites (tertiary alicyclic amines) is 1. The van der Waals surface area contributed by atoms with E-state index < -0.39 is 41.7 Å². The Kier molecular flexibility index (Phi) is 13.6. The highest BCUT2D eigenvalue weighted by Gasteiger charge is 2.51. The monoisotopic (exact) mass is 698 g/mol. The molecule has 4 aliphatic rings. The Morgan fingerprint density at radius 3 is 2.24 bits per heavy atom. The standard InChI is InChI=1S/C36H66N4O9/c1-22-17-36(6,45-11)31(49-32-29(41)27(37(7)8)16-23(2)48-32)24(3)30(42)35(4,5)33(43)46-21-28(38(9)18-22)25-12-14-40(15-13-25)19-26-20-47-34(44)39(26)10/h22-29,31-33,41,43H,12-21H2,1-11H3/t22-,23-,24+,26-,27+,28?,29-,31-,32+,33-,36-/m1/s1. The van der Waals surface area contributed by atoms with Crippen molar-refractivity contribution in [2.45, 2.75) is 122 Å². The number of hydrogen-bond donors (Lipinski definition) is 2. The number of carbonyl (C=O) groups excluding carboxylic acids is 2. The number of rotatable bonds is 7. The summed E-state index contributed by atoms with van der Waals surface area (Å²) in [6.45, 7) is 15.4. The number of ether oxygens (including phenoxy) is 5. The first-order valence-corrected chi connectivity index (χ1v) is 18.3. The highest BCUT2D eigenvalue weighted by Crippen LogP contribution is 2.39. The van der Waals surface area contributed by atoms with Crippen molar-refractivity contribution in [2.75, 3.05) is 74.7 Å². The van der Waals surface area contributed by atoms with Crippen LogP contribution in [-0.2, 0) is 28.5 Å². The van der Waals surface area contributed by atoms with Gasteiger partial charge in [0, 0.05) is 45.2 Å². The zero-order valence-corrected chi connectivity index (χ0v) is 32.0. The van der Waals surface area contributed by atoms with Gasteiger partial charge in [0.1, 0.15) is 18.5 Å². The molecule has 0 spiro atoms. The summed E-state index contributed by atoms with van der Waals surface area (Å²) >= 11 is 0. The summed E-state index contributed by atoms with van der Waals surface area (Å²) in [5.74, 6) is -0.454. The van der Waals surface area contributed by atoms with Crippen molar-refractivity contribution in [3.8, 4) is 0 Å². The van der Waals surface area contributed by atoms with E-state index in [4.69, 9.17) is 23.7 Å². The van der Waals surface area contributed by atoms with Crippen LogP contribution >= 0.6 is 0 Å². The van der Waals surface area contributed by atoms with Gasteiger partial charge < -0.3 is 53.5 Å². The van der Waals surface area contributed by atoms with Crippen molar-refractivity contribution in [1.82, 2.24) is 19.6 Å². The van der Waals surface area contributed by atoms with Gasteiger partial charge in [-0.15, -0.1) is 0 Å². The van der Waals surface area contributed by atoms with E-state index in [1.807, 2.05) is 39.8 Å². The van der Waals surface area contributed by atoms with Crippen molar-refractivity contribution >= 4 is 11.9 Å². The minimum atomic E-state index is -1.34. The van der Waals surface area contributed by atoms with E-state index in [1.54, 1.807) is 32.9 Å². The summed E-state index contributed by atoms with van der Waals surface area (Å²) in [7, 11) is 9.42. The minimum absolute atomic E-state index is 0.0264. The van der Waals surface area contributed by atoms with E-state index in [9.17, 15) is 19.8 Å². The first-order chi connectivity index (χ1) is 22.9. The van der Waals surface area contributed by atoms with Crippen molar-refractivity contribution in [3.05, 3.63) is 0 Å². The molecule has 1 amide bonds. The molecule has 0 radical (unpaired) electrons. The highest BCUT2D eigenvalue weighted by atomic mass is 16.7. The smallest absolute Gasteiger partial charge is 0.409 e. The Morgan fingerprint density at radius 2 is 1.67 bits per heavy atom. The Hall–Kier alpha value is -1.42. The predicted octanol–water partition coefficient (Wildman–Crippen LogP) is 2.27. The van der Waals surface area contributed by atoms with Crippen molar-refractivity contribution in [1.29, 1.82) is 0 Å². The van der Waals surface area contributed by atoms with Gasteiger partial charge in [0.25, 0.3) is 0 Å². The molecule has 1 unspecified atom stereocenters. The number of ketones is 1. The molecule has 13 heteroatoms. The topological polar surface area (TPSA) is 134 Å². The molecule has 0 aromatic rings. The van der Waals surface area contributed by atoms with Crippen LogP contribution in [0.3, 0.4) is 0 Å². The number of cyclic esters (lactones) is 1. The Balaban J connectivity index is 1.56. The molecule has 4 saturated heterocycles. The molecule has 49 heavy (non-hydrogen) atoms. The van der Waals surface area contributed by atoms with Crippen LogP contribution in [0.1, 0.15) is 67.2 Å². The summed E-state index contributed by atoms with van der Waals surface area (Å²) in [6, 6.07) is -0.0840. The lowest BCUT2D eigenvalue weighted by Gasteiger charge is -2.47. The molecular formula is C36H66N4O9. The zero-order chi connectivity index (χ0) is 36.4. The lowest BCUT2D eigenvalue weighted by molar-refractivity contribution is -0.296. The van der Waals surface area contributed by atoms with E-state index in [1.165, 1.54) is 0 Å². The molecule has 11 atom stereocenters. The van der Waals surface area contributed by atoms with Crippen LogP contribution in [0.15, 0.2) is 0 Å². The van der Waals surface area contributed by atoms with Crippen LogP contribution in [0, 0.1) is 23.2 Å². The van der Waals surface area contributed by atoms with Crippen LogP contribution in [0.25, 0.3) is 0 Å². The zero-order valence-electron chi connectivity index (χ0n) is 32.0. The fraction of sp³-hybridized carbons (Fsp3) is 0.944. The number of nitrogens with zero attached hydrogens (tertiary/aromatic N) is 4. The first kappa shape index (κ1) is 40.4. The molecule has 4 fully saturated rings. The molecule has 13 nitrogen and oxygen atoms in total. The lowest BCUT2D eigenvalue weighted by atomic mass is 9.74. The number of piperidine rings is 1. The van der Waals surface area contributed by atoms with Crippen molar-refractivity contribution in [2.24, 2.45) is 23.2 Å². The Bertz CT molecular complexity index is 1100. The molecule has 0 saturated carbocycles. The van der Waals surface area contributed by atoms with Gasteiger partial charge in [-0.3, -0.25) is 4.79 Å².